The molecule has 10 unspecified atom stereocenters. The predicted octanol–water partition coefficient (Wildman–Crippen LogP) is 2.80. The molecular weight excluding hydrogens is 532 g/mol. The van der Waals surface area contributed by atoms with Crippen molar-refractivity contribution in [2.45, 2.75) is 73.0 Å². The van der Waals surface area contributed by atoms with Gasteiger partial charge in [0.05, 0.1) is 0 Å². The van der Waals surface area contributed by atoms with E-state index in [0.717, 1.165) is 55.6 Å². The summed E-state index contributed by atoms with van der Waals surface area (Å²) in [5.74, 6) is 3.04. The number of hydrogen-bond acceptors (Lipinski definition) is 8. The maximum atomic E-state index is 11.3. The van der Waals surface area contributed by atoms with Crippen molar-refractivity contribution in [3.8, 4) is 28.7 Å². The topological polar surface area (TPSA) is 94.9 Å². The molecule has 2 aromatic rings. The lowest BCUT2D eigenvalue weighted by atomic mass is 9.53. The van der Waals surface area contributed by atoms with Crippen LogP contribution in [-0.4, -0.2) is 88.8 Å². The summed E-state index contributed by atoms with van der Waals surface area (Å²) >= 11 is 0. The van der Waals surface area contributed by atoms with E-state index < -0.39 is 23.7 Å². The highest BCUT2D eigenvalue weighted by Crippen LogP contribution is 2.66. The van der Waals surface area contributed by atoms with Crippen LogP contribution in [0.15, 0.2) is 42.5 Å². The summed E-state index contributed by atoms with van der Waals surface area (Å²) in [5, 5.41) is 33.5. The average Bonchev–Trinajstić information content (AvgIpc) is 3.52. The number of likely N-dealkylation sites (N-methyl/N-ethyl adjacent to an activating group) is 2. The van der Waals surface area contributed by atoms with Crippen molar-refractivity contribution >= 4 is 0 Å². The molecule has 10 atom stereocenters. The van der Waals surface area contributed by atoms with E-state index in [1.807, 2.05) is 18.2 Å². The Labute approximate surface area is 244 Å². The largest absolute Gasteiger partial charge is 0.504 e. The molecule has 2 saturated heterocycles. The second kappa shape index (κ2) is 7.72. The number of aromatic hydroxyl groups is 1. The lowest BCUT2D eigenvalue weighted by Gasteiger charge is -2.56. The molecule has 2 aromatic carbocycles. The second-order valence-electron chi connectivity index (χ2n) is 14.1. The summed E-state index contributed by atoms with van der Waals surface area (Å²) in [6.07, 6.45) is 9.53. The molecule has 0 aromatic heterocycles. The van der Waals surface area contributed by atoms with Crippen molar-refractivity contribution < 1.29 is 29.5 Å². The molecule has 8 nitrogen and oxygen atoms in total. The van der Waals surface area contributed by atoms with Gasteiger partial charge in [0.25, 0.3) is 0 Å². The van der Waals surface area contributed by atoms with Crippen LogP contribution in [0.5, 0.6) is 28.7 Å². The van der Waals surface area contributed by atoms with Crippen molar-refractivity contribution in [1.29, 1.82) is 0 Å². The highest BCUT2D eigenvalue weighted by Gasteiger charge is 2.66. The zero-order valence-electron chi connectivity index (χ0n) is 23.9. The van der Waals surface area contributed by atoms with Gasteiger partial charge in [-0.2, -0.15) is 0 Å². The van der Waals surface area contributed by atoms with Gasteiger partial charge in [-0.1, -0.05) is 30.4 Å². The maximum Gasteiger partial charge on any atom is 0.169 e. The molecular formula is C34H36N2O6. The molecule has 0 radical (unpaired) electrons. The molecule has 8 aliphatic rings. The first kappa shape index (κ1) is 24.4. The number of phenolic OH excluding ortho intramolecular Hbond substituents is 1. The molecule has 218 valence electrons. The van der Waals surface area contributed by atoms with Crippen LogP contribution >= 0.6 is 0 Å². The van der Waals surface area contributed by atoms with E-state index in [1.54, 1.807) is 6.07 Å². The Kier molecular flexibility index (Phi) is 4.49. The first-order valence-corrected chi connectivity index (χ1v) is 15.5. The van der Waals surface area contributed by atoms with Crippen molar-refractivity contribution in [3.63, 3.8) is 0 Å². The standard InChI is InChI=1S/C34H36N2O6/c1-35-11-9-33-18-4-6-22(37)31(33)42-30-25(8-3-16(27(30)33)13-20(18)35)40-26-15-24(39)29-28-17(26)14-21-19-5-7-23(38)32(41-29)34(19,28)10-12-36(21)2/h3-8,15,18-23,31-32,37-39H,9-14H2,1-2H3. The van der Waals surface area contributed by atoms with Gasteiger partial charge in [0.1, 0.15) is 30.2 Å². The first-order chi connectivity index (χ1) is 20.3. The Morgan fingerprint density at radius 3 is 2.10 bits per heavy atom. The van der Waals surface area contributed by atoms with Crippen molar-refractivity contribution in [1.82, 2.24) is 9.80 Å². The summed E-state index contributed by atoms with van der Waals surface area (Å²) in [6, 6.07) is 6.52. The minimum absolute atomic E-state index is 0.0521. The number of hydrogen-bond donors (Lipinski definition) is 3. The van der Waals surface area contributed by atoms with Gasteiger partial charge < -0.3 is 39.3 Å². The van der Waals surface area contributed by atoms with E-state index >= 15 is 0 Å². The number of phenols is 1. The summed E-state index contributed by atoms with van der Waals surface area (Å²) in [6.45, 7) is 1.88. The van der Waals surface area contributed by atoms with Gasteiger partial charge in [-0.15, -0.1) is 0 Å². The van der Waals surface area contributed by atoms with Crippen LogP contribution in [-0.2, 0) is 23.7 Å². The summed E-state index contributed by atoms with van der Waals surface area (Å²) in [4.78, 5) is 4.88. The van der Waals surface area contributed by atoms with Gasteiger partial charge in [0, 0.05) is 57.5 Å². The number of ether oxygens (including phenoxy) is 3. The summed E-state index contributed by atoms with van der Waals surface area (Å²) in [7, 11) is 4.39. The number of nitrogens with zero attached hydrogens (tertiary/aromatic N) is 2. The lowest BCUT2D eigenvalue weighted by Crippen LogP contribution is -2.64. The van der Waals surface area contributed by atoms with Gasteiger partial charge in [-0.05, 0) is 64.5 Å². The van der Waals surface area contributed by atoms with E-state index in [0.29, 0.717) is 23.3 Å². The maximum absolute atomic E-state index is 11.3. The van der Waals surface area contributed by atoms with Crippen LogP contribution in [0.1, 0.15) is 35.1 Å². The minimum atomic E-state index is -0.726. The van der Waals surface area contributed by atoms with Gasteiger partial charge in [0.15, 0.2) is 23.0 Å². The van der Waals surface area contributed by atoms with Crippen LogP contribution < -0.4 is 14.2 Å². The van der Waals surface area contributed by atoms with Crippen LogP contribution in [0.2, 0.25) is 0 Å². The van der Waals surface area contributed by atoms with Gasteiger partial charge in [-0.25, -0.2) is 0 Å². The number of rotatable bonds is 2. The fourth-order valence-corrected chi connectivity index (χ4v) is 10.8. The monoisotopic (exact) mass is 568 g/mol. The molecule has 0 amide bonds. The van der Waals surface area contributed by atoms with Crippen LogP contribution in [0, 0.1) is 11.8 Å². The fourth-order valence-electron chi connectivity index (χ4n) is 10.8. The summed E-state index contributed by atoms with van der Waals surface area (Å²) < 4.78 is 20.0. The normalized spacial score (nSPS) is 43.0. The molecule has 42 heavy (non-hydrogen) atoms. The molecule has 4 bridgehead atoms. The van der Waals surface area contributed by atoms with Crippen LogP contribution in [0.3, 0.4) is 0 Å². The smallest absolute Gasteiger partial charge is 0.169 e. The first-order valence-electron chi connectivity index (χ1n) is 15.5. The quantitative estimate of drug-likeness (QED) is 0.477. The van der Waals surface area contributed by atoms with Gasteiger partial charge >= 0.3 is 0 Å². The predicted molar refractivity (Wildman–Crippen MR) is 154 cm³/mol. The van der Waals surface area contributed by atoms with Crippen LogP contribution in [0.25, 0.3) is 0 Å². The van der Waals surface area contributed by atoms with E-state index in [-0.39, 0.29) is 35.1 Å². The molecule has 4 aliphatic carbocycles. The third-order valence-corrected chi connectivity index (χ3v) is 12.6. The second-order valence-corrected chi connectivity index (χ2v) is 14.1. The van der Waals surface area contributed by atoms with E-state index in [4.69, 9.17) is 14.2 Å². The van der Waals surface area contributed by atoms with E-state index in [2.05, 4.69) is 42.1 Å². The molecule has 2 fully saturated rings. The highest BCUT2D eigenvalue weighted by atomic mass is 16.5. The molecule has 3 N–H and O–H groups in total. The number of likely N-dealkylation sites (tertiary alicyclic amines) is 2. The molecule has 8 heteroatoms. The molecule has 10 rings (SSSR count). The fraction of sp³-hybridized carbons (Fsp3) is 0.529. The lowest BCUT2D eigenvalue weighted by molar-refractivity contribution is -0.0457. The number of piperidine rings is 2. The minimum Gasteiger partial charge on any atom is -0.504 e. The third-order valence-electron chi connectivity index (χ3n) is 12.6. The SMILES string of the molecule is CN1CCC23c4c5ccc(Oc6cc(O)c7c8c6CC6C9C=CC(O)C(O7)C89CCN6C)c4OC2C(O)C=CC3C1C5. The molecule has 4 aliphatic heterocycles. The van der Waals surface area contributed by atoms with Crippen molar-refractivity contribution in [3.05, 3.63) is 64.8 Å². The van der Waals surface area contributed by atoms with E-state index in [1.165, 1.54) is 11.1 Å². The third kappa shape index (κ3) is 2.59. The molecule has 2 spiro atoms. The highest BCUT2D eigenvalue weighted by molar-refractivity contribution is 5.68. The Hall–Kier alpha value is -3.04. The zero-order chi connectivity index (χ0) is 28.3. The Bertz CT molecular complexity index is 1640. The average molecular weight is 569 g/mol. The van der Waals surface area contributed by atoms with Gasteiger partial charge in [0.2, 0.25) is 0 Å². The zero-order valence-corrected chi connectivity index (χ0v) is 23.9. The number of benzene rings is 2. The summed E-state index contributed by atoms with van der Waals surface area (Å²) in [5.41, 5.74) is 3.90. The molecule has 0 saturated carbocycles. The van der Waals surface area contributed by atoms with Gasteiger partial charge in [-0.3, -0.25) is 0 Å². The Balaban J connectivity index is 1.14. The van der Waals surface area contributed by atoms with E-state index in [9.17, 15) is 15.3 Å². The Morgan fingerprint density at radius 1 is 0.786 bits per heavy atom. The Morgan fingerprint density at radius 2 is 1.40 bits per heavy atom. The number of aliphatic hydroxyl groups excluding tert-OH is 2. The van der Waals surface area contributed by atoms with Crippen LogP contribution in [0.4, 0.5) is 0 Å². The number of aliphatic hydroxyl groups is 2. The van der Waals surface area contributed by atoms with Crippen molar-refractivity contribution in [2.75, 3.05) is 27.2 Å². The van der Waals surface area contributed by atoms with Crippen molar-refractivity contribution in [2.24, 2.45) is 11.8 Å². The molecule has 4 heterocycles.